The fourth-order valence-electron chi connectivity index (χ4n) is 1.17. The summed E-state index contributed by atoms with van der Waals surface area (Å²) in [5.74, 6) is 0.125. The Labute approximate surface area is 67.1 Å². The van der Waals surface area contributed by atoms with Crippen LogP contribution in [0.5, 0.6) is 0 Å². The Morgan fingerprint density at radius 1 is 1.64 bits per heavy atom. The summed E-state index contributed by atoms with van der Waals surface area (Å²) in [6, 6.07) is 0. The Kier molecular flexibility index (Phi) is 2.08. The lowest BCUT2D eigenvalue weighted by Crippen LogP contribution is -2.02. The molecule has 0 amide bonds. The largest absolute Gasteiger partial charge is 0.295 e. The van der Waals surface area contributed by atoms with Crippen molar-refractivity contribution >= 4 is 5.78 Å². The topological polar surface area (TPSA) is 17.1 Å². The molecular weight excluding hydrogens is 136 g/mol. The Morgan fingerprint density at radius 3 is 2.73 bits per heavy atom. The second kappa shape index (κ2) is 2.87. The Bertz CT molecular complexity index is 267. The molecular formula is C10H12O. The maximum Gasteiger partial charge on any atom is 0.160 e. The van der Waals surface area contributed by atoms with Gasteiger partial charge in [0.05, 0.1) is 0 Å². The molecule has 1 rings (SSSR count). The molecule has 0 bridgehead atoms. The molecule has 0 aliphatic heterocycles. The van der Waals surface area contributed by atoms with Gasteiger partial charge in [-0.1, -0.05) is 18.7 Å². The van der Waals surface area contributed by atoms with Gasteiger partial charge in [-0.25, -0.2) is 0 Å². The predicted molar refractivity (Wildman–Crippen MR) is 46.3 cm³/mol. The van der Waals surface area contributed by atoms with Gasteiger partial charge in [0.25, 0.3) is 0 Å². The number of Topliss-reactive ketones (excluding diaryl/α,β-unsaturated/α-hetero) is 1. The number of carbonyl (C=O) groups excluding carboxylic acids is 1. The molecule has 0 radical (unpaired) electrons. The van der Waals surface area contributed by atoms with Crippen molar-refractivity contribution in [2.24, 2.45) is 0 Å². The molecule has 0 saturated heterocycles. The van der Waals surface area contributed by atoms with Crippen LogP contribution in [0.1, 0.15) is 20.3 Å². The van der Waals surface area contributed by atoms with E-state index in [2.05, 4.69) is 6.58 Å². The van der Waals surface area contributed by atoms with Gasteiger partial charge in [-0.2, -0.15) is 0 Å². The smallest absolute Gasteiger partial charge is 0.160 e. The van der Waals surface area contributed by atoms with E-state index in [1.807, 2.05) is 19.1 Å². The van der Waals surface area contributed by atoms with E-state index in [0.717, 1.165) is 23.1 Å². The molecule has 0 fully saturated rings. The zero-order chi connectivity index (χ0) is 8.43. The summed E-state index contributed by atoms with van der Waals surface area (Å²) in [5, 5.41) is 0. The molecule has 0 atom stereocenters. The lowest BCUT2D eigenvalue weighted by atomic mass is 9.93. The third-order valence-corrected chi connectivity index (χ3v) is 1.96. The average Bonchev–Trinajstić information content (AvgIpc) is 1.94. The van der Waals surface area contributed by atoms with Crippen LogP contribution in [-0.2, 0) is 4.79 Å². The molecule has 58 valence electrons. The predicted octanol–water partition coefficient (Wildman–Crippen LogP) is 2.41. The summed E-state index contributed by atoms with van der Waals surface area (Å²) < 4.78 is 0. The molecule has 0 N–H and O–H groups in total. The van der Waals surface area contributed by atoms with Crippen LogP contribution in [0.25, 0.3) is 0 Å². The SMILES string of the molecule is C=C1CC=CC(C(C)=O)=C1C. The average molecular weight is 148 g/mol. The third-order valence-electron chi connectivity index (χ3n) is 1.96. The second-order valence-electron chi connectivity index (χ2n) is 2.80. The summed E-state index contributed by atoms with van der Waals surface area (Å²) in [4.78, 5) is 11.0. The van der Waals surface area contributed by atoms with Crippen molar-refractivity contribution in [1.29, 1.82) is 0 Å². The van der Waals surface area contributed by atoms with E-state index in [9.17, 15) is 4.79 Å². The molecule has 0 spiro atoms. The van der Waals surface area contributed by atoms with Crippen molar-refractivity contribution in [1.82, 2.24) is 0 Å². The summed E-state index contributed by atoms with van der Waals surface area (Å²) >= 11 is 0. The fraction of sp³-hybridized carbons (Fsp3) is 0.300. The first-order valence-electron chi connectivity index (χ1n) is 3.69. The molecule has 0 aromatic carbocycles. The first-order chi connectivity index (χ1) is 5.13. The third kappa shape index (κ3) is 1.48. The van der Waals surface area contributed by atoms with Crippen LogP contribution in [0.2, 0.25) is 0 Å². The second-order valence-corrected chi connectivity index (χ2v) is 2.80. The molecule has 0 aromatic heterocycles. The maximum atomic E-state index is 11.0. The zero-order valence-corrected chi connectivity index (χ0v) is 6.98. The normalized spacial score (nSPS) is 17.5. The summed E-state index contributed by atoms with van der Waals surface area (Å²) in [7, 11) is 0. The van der Waals surface area contributed by atoms with Gasteiger partial charge in [0.15, 0.2) is 5.78 Å². The summed E-state index contributed by atoms with van der Waals surface area (Å²) in [6.45, 7) is 7.40. The van der Waals surface area contributed by atoms with Gasteiger partial charge in [0.2, 0.25) is 0 Å². The van der Waals surface area contributed by atoms with Gasteiger partial charge in [-0.05, 0) is 31.4 Å². The highest BCUT2D eigenvalue weighted by molar-refractivity contribution is 5.97. The molecule has 0 saturated carbocycles. The van der Waals surface area contributed by atoms with Crippen molar-refractivity contribution in [3.63, 3.8) is 0 Å². The molecule has 0 aromatic rings. The van der Waals surface area contributed by atoms with Crippen LogP contribution < -0.4 is 0 Å². The summed E-state index contributed by atoms with van der Waals surface area (Å²) in [5.41, 5.74) is 2.90. The maximum absolute atomic E-state index is 11.0. The number of hydrogen-bond donors (Lipinski definition) is 0. The number of hydrogen-bond acceptors (Lipinski definition) is 1. The number of ketones is 1. The van der Waals surface area contributed by atoms with Crippen LogP contribution >= 0.6 is 0 Å². The van der Waals surface area contributed by atoms with Crippen LogP contribution in [-0.4, -0.2) is 5.78 Å². The standard InChI is InChI=1S/C10H12O/c1-7-5-4-6-10(8(7)2)9(3)11/h4,6H,1,5H2,2-3H3. The van der Waals surface area contributed by atoms with Gasteiger partial charge in [0, 0.05) is 5.57 Å². The number of carbonyl (C=O) groups is 1. The van der Waals surface area contributed by atoms with E-state index in [-0.39, 0.29) is 5.78 Å². The van der Waals surface area contributed by atoms with E-state index in [4.69, 9.17) is 0 Å². The minimum absolute atomic E-state index is 0.125. The number of allylic oxidation sites excluding steroid dienone is 5. The lowest BCUT2D eigenvalue weighted by molar-refractivity contribution is -0.113. The van der Waals surface area contributed by atoms with Crippen molar-refractivity contribution in [3.05, 3.63) is 35.5 Å². The molecule has 1 heteroatoms. The molecule has 0 heterocycles. The van der Waals surface area contributed by atoms with Gasteiger partial charge in [-0.3, -0.25) is 4.79 Å². The molecule has 11 heavy (non-hydrogen) atoms. The fourth-order valence-corrected chi connectivity index (χ4v) is 1.17. The molecule has 1 aliphatic rings. The summed E-state index contributed by atoms with van der Waals surface area (Å²) in [6.07, 6.45) is 4.74. The van der Waals surface area contributed by atoms with E-state index < -0.39 is 0 Å². The van der Waals surface area contributed by atoms with Gasteiger partial charge >= 0.3 is 0 Å². The van der Waals surface area contributed by atoms with Crippen molar-refractivity contribution in [2.45, 2.75) is 20.3 Å². The molecule has 1 nitrogen and oxygen atoms in total. The Morgan fingerprint density at radius 2 is 2.27 bits per heavy atom. The van der Waals surface area contributed by atoms with Crippen molar-refractivity contribution < 1.29 is 4.79 Å². The first-order valence-corrected chi connectivity index (χ1v) is 3.69. The number of rotatable bonds is 1. The van der Waals surface area contributed by atoms with Crippen LogP contribution in [0.15, 0.2) is 35.5 Å². The van der Waals surface area contributed by atoms with Gasteiger partial charge in [-0.15, -0.1) is 0 Å². The van der Waals surface area contributed by atoms with E-state index in [1.165, 1.54) is 0 Å². The molecule has 0 unspecified atom stereocenters. The first kappa shape index (κ1) is 7.99. The van der Waals surface area contributed by atoms with Crippen molar-refractivity contribution in [3.8, 4) is 0 Å². The van der Waals surface area contributed by atoms with E-state index >= 15 is 0 Å². The van der Waals surface area contributed by atoms with E-state index in [1.54, 1.807) is 6.92 Å². The van der Waals surface area contributed by atoms with Gasteiger partial charge < -0.3 is 0 Å². The highest BCUT2D eigenvalue weighted by Crippen LogP contribution is 2.22. The van der Waals surface area contributed by atoms with Crippen molar-refractivity contribution in [2.75, 3.05) is 0 Å². The quantitative estimate of drug-likeness (QED) is 0.558. The lowest BCUT2D eigenvalue weighted by Gasteiger charge is -2.11. The minimum Gasteiger partial charge on any atom is -0.295 e. The van der Waals surface area contributed by atoms with E-state index in [0.29, 0.717) is 0 Å². The molecule has 1 aliphatic carbocycles. The Balaban J connectivity index is 3.08. The monoisotopic (exact) mass is 148 g/mol. The van der Waals surface area contributed by atoms with Gasteiger partial charge in [0.1, 0.15) is 0 Å². The Hall–Kier alpha value is -1.11. The van der Waals surface area contributed by atoms with Crippen LogP contribution in [0, 0.1) is 0 Å². The van der Waals surface area contributed by atoms with Crippen LogP contribution in [0.3, 0.4) is 0 Å². The van der Waals surface area contributed by atoms with Crippen LogP contribution in [0.4, 0.5) is 0 Å². The minimum atomic E-state index is 0.125. The zero-order valence-electron chi connectivity index (χ0n) is 6.98. The highest BCUT2D eigenvalue weighted by Gasteiger charge is 2.10. The highest BCUT2D eigenvalue weighted by atomic mass is 16.1.